The van der Waals surface area contributed by atoms with Crippen molar-refractivity contribution in [2.24, 2.45) is 0 Å². The molecule has 0 spiro atoms. The molecule has 5 nitrogen and oxygen atoms in total. The molecule has 5 heteroatoms. The molecule has 4 aromatic rings. The van der Waals surface area contributed by atoms with Crippen molar-refractivity contribution in [2.75, 3.05) is 5.32 Å². The zero-order valence-corrected chi connectivity index (χ0v) is 16.2. The average Bonchev–Trinajstić information content (AvgIpc) is 3.05. The summed E-state index contributed by atoms with van der Waals surface area (Å²) in [7, 11) is 0. The number of aromatic nitrogens is 3. The van der Waals surface area contributed by atoms with Crippen molar-refractivity contribution in [3.8, 4) is 22.5 Å². The quantitative estimate of drug-likeness (QED) is 0.509. The Morgan fingerprint density at radius 3 is 2.32 bits per heavy atom. The lowest BCUT2D eigenvalue weighted by Gasteiger charge is -2.22. The molecule has 0 atom stereocenters. The molecule has 0 aliphatic rings. The van der Waals surface area contributed by atoms with E-state index in [4.69, 9.17) is 4.98 Å². The van der Waals surface area contributed by atoms with Crippen molar-refractivity contribution in [3.05, 3.63) is 72.6 Å². The van der Waals surface area contributed by atoms with Crippen molar-refractivity contribution in [3.63, 3.8) is 0 Å². The minimum atomic E-state index is -0.130. The van der Waals surface area contributed by atoms with Gasteiger partial charge in [-0.2, -0.15) is 0 Å². The summed E-state index contributed by atoms with van der Waals surface area (Å²) in [5.41, 5.74) is 5.01. The van der Waals surface area contributed by atoms with Gasteiger partial charge in [0.25, 0.3) is 0 Å². The first-order valence-electron chi connectivity index (χ1n) is 9.22. The molecule has 2 aromatic carbocycles. The van der Waals surface area contributed by atoms with Gasteiger partial charge in [0.1, 0.15) is 17.8 Å². The number of fused-ring (bicyclic) bond motifs is 1. The second-order valence-electron chi connectivity index (χ2n) is 7.79. The Kier molecular flexibility index (Phi) is 4.43. The Hall–Kier alpha value is -3.47. The van der Waals surface area contributed by atoms with Gasteiger partial charge in [0.05, 0.1) is 11.9 Å². The zero-order chi connectivity index (χ0) is 19.7. The largest absolute Gasteiger partial charge is 0.365 e. The second-order valence-corrected chi connectivity index (χ2v) is 7.79. The summed E-state index contributed by atoms with van der Waals surface area (Å²) < 4.78 is 2.05. The molecule has 0 amide bonds. The smallest absolute Gasteiger partial charge is 0.157 e. The third-order valence-electron chi connectivity index (χ3n) is 4.39. The highest BCUT2D eigenvalue weighted by molar-refractivity contribution is 5.78. The van der Waals surface area contributed by atoms with Crippen LogP contribution in [0.15, 0.2) is 67.0 Å². The maximum Gasteiger partial charge on any atom is 0.157 e. The van der Waals surface area contributed by atoms with Crippen molar-refractivity contribution in [1.82, 2.24) is 14.4 Å². The second kappa shape index (κ2) is 6.93. The Balaban J connectivity index is 1.89. The van der Waals surface area contributed by atoms with Crippen molar-refractivity contribution >= 4 is 17.8 Å². The van der Waals surface area contributed by atoms with Crippen LogP contribution in [0.2, 0.25) is 0 Å². The first-order valence-corrected chi connectivity index (χ1v) is 9.22. The number of anilines is 1. The van der Waals surface area contributed by atoms with E-state index < -0.39 is 0 Å². The monoisotopic (exact) mass is 370 g/mol. The fourth-order valence-electron chi connectivity index (χ4n) is 3.11. The van der Waals surface area contributed by atoms with Crippen LogP contribution in [0.5, 0.6) is 0 Å². The van der Waals surface area contributed by atoms with Crippen molar-refractivity contribution in [2.45, 2.75) is 26.3 Å². The maximum absolute atomic E-state index is 10.9. The molecule has 2 heterocycles. The first kappa shape index (κ1) is 17.9. The molecule has 0 unspecified atom stereocenters. The van der Waals surface area contributed by atoms with Gasteiger partial charge >= 0.3 is 0 Å². The third kappa shape index (κ3) is 3.51. The molecule has 28 heavy (non-hydrogen) atoms. The van der Waals surface area contributed by atoms with Crippen LogP contribution in [-0.2, 0) is 0 Å². The summed E-state index contributed by atoms with van der Waals surface area (Å²) >= 11 is 0. The molecule has 0 saturated carbocycles. The lowest BCUT2D eigenvalue weighted by molar-refractivity contribution is 0.112. The maximum atomic E-state index is 10.9. The molecule has 0 bridgehead atoms. The molecule has 0 saturated heterocycles. The number of nitrogens with one attached hydrogen (secondary N) is 1. The third-order valence-corrected chi connectivity index (χ3v) is 4.39. The van der Waals surface area contributed by atoms with E-state index in [1.807, 2.05) is 40.9 Å². The molecule has 0 radical (unpaired) electrons. The van der Waals surface area contributed by atoms with Crippen LogP contribution in [0.1, 0.15) is 31.1 Å². The Morgan fingerprint density at radius 1 is 0.964 bits per heavy atom. The van der Waals surface area contributed by atoms with Gasteiger partial charge in [0.15, 0.2) is 5.65 Å². The zero-order valence-electron chi connectivity index (χ0n) is 16.2. The van der Waals surface area contributed by atoms with E-state index in [2.05, 4.69) is 43.2 Å². The van der Waals surface area contributed by atoms with Crippen LogP contribution < -0.4 is 5.32 Å². The van der Waals surface area contributed by atoms with E-state index in [9.17, 15) is 4.79 Å². The summed E-state index contributed by atoms with van der Waals surface area (Å²) in [6, 6.07) is 17.5. The Bertz CT molecular complexity index is 1120. The highest BCUT2D eigenvalue weighted by atomic mass is 16.1. The summed E-state index contributed by atoms with van der Waals surface area (Å²) in [5.74, 6) is 0.932. The summed E-state index contributed by atoms with van der Waals surface area (Å²) in [6.07, 6.45) is 4.61. The normalized spacial score (nSPS) is 11.5. The van der Waals surface area contributed by atoms with Gasteiger partial charge in [-0.15, -0.1) is 0 Å². The van der Waals surface area contributed by atoms with Gasteiger partial charge in [0, 0.05) is 28.4 Å². The number of hydrogen-bond donors (Lipinski definition) is 1. The molecule has 4 rings (SSSR count). The van der Waals surface area contributed by atoms with Gasteiger partial charge < -0.3 is 5.32 Å². The Labute approximate surface area is 164 Å². The highest BCUT2D eigenvalue weighted by Gasteiger charge is 2.19. The molecule has 1 N–H and O–H groups in total. The van der Waals surface area contributed by atoms with Crippen LogP contribution >= 0.6 is 0 Å². The lowest BCUT2D eigenvalue weighted by Crippen LogP contribution is -2.27. The number of hydrogen-bond acceptors (Lipinski definition) is 4. The molecule has 0 aliphatic heterocycles. The molecular formula is C23H22N4O. The number of carbonyl (C=O) groups is 1. The number of aldehydes is 1. The van der Waals surface area contributed by atoms with Crippen LogP contribution in [0.3, 0.4) is 0 Å². The van der Waals surface area contributed by atoms with E-state index in [0.717, 1.165) is 40.3 Å². The van der Waals surface area contributed by atoms with Crippen molar-refractivity contribution in [1.29, 1.82) is 0 Å². The predicted octanol–water partition coefficient (Wildman–Crippen LogP) is 5.09. The molecule has 0 aliphatic carbocycles. The standard InChI is InChI=1S/C23H22N4O/c1-23(2,3)26-22-21(18-7-5-4-6-8-18)25-20-13-24-19(14-27(20)22)17-11-9-16(15-28)10-12-17/h4-15,26H,1-3H3. The van der Waals surface area contributed by atoms with E-state index in [1.165, 1.54) is 0 Å². The number of imidazole rings is 1. The summed E-state index contributed by atoms with van der Waals surface area (Å²) in [5, 5.41) is 3.59. The molecule has 140 valence electrons. The number of benzene rings is 2. The van der Waals surface area contributed by atoms with E-state index >= 15 is 0 Å². The van der Waals surface area contributed by atoms with E-state index in [-0.39, 0.29) is 5.54 Å². The topological polar surface area (TPSA) is 59.3 Å². The summed E-state index contributed by atoms with van der Waals surface area (Å²) in [6.45, 7) is 6.38. The van der Waals surface area contributed by atoms with Crippen LogP contribution in [-0.4, -0.2) is 26.2 Å². The van der Waals surface area contributed by atoms with Crippen LogP contribution in [0.25, 0.3) is 28.2 Å². The van der Waals surface area contributed by atoms with Crippen LogP contribution in [0, 0.1) is 0 Å². The van der Waals surface area contributed by atoms with Gasteiger partial charge in [0.2, 0.25) is 0 Å². The number of nitrogens with zero attached hydrogens (tertiary/aromatic N) is 3. The molecule has 2 aromatic heterocycles. The van der Waals surface area contributed by atoms with E-state index in [1.54, 1.807) is 18.3 Å². The summed E-state index contributed by atoms with van der Waals surface area (Å²) in [4.78, 5) is 20.3. The van der Waals surface area contributed by atoms with Gasteiger partial charge in [-0.25, -0.2) is 4.98 Å². The molecular weight excluding hydrogens is 348 g/mol. The highest BCUT2D eigenvalue weighted by Crippen LogP contribution is 2.31. The van der Waals surface area contributed by atoms with Gasteiger partial charge in [-0.3, -0.25) is 14.2 Å². The van der Waals surface area contributed by atoms with Gasteiger partial charge in [-0.05, 0) is 20.8 Å². The SMILES string of the molecule is CC(C)(C)Nc1c(-c2ccccc2)nc2cnc(-c3ccc(C=O)cc3)cn12. The fourth-order valence-corrected chi connectivity index (χ4v) is 3.11. The number of rotatable bonds is 4. The van der Waals surface area contributed by atoms with Crippen LogP contribution in [0.4, 0.5) is 5.82 Å². The minimum Gasteiger partial charge on any atom is -0.365 e. The Morgan fingerprint density at radius 2 is 1.68 bits per heavy atom. The number of carbonyl (C=O) groups excluding carboxylic acids is 1. The van der Waals surface area contributed by atoms with Gasteiger partial charge in [-0.1, -0.05) is 54.6 Å². The lowest BCUT2D eigenvalue weighted by atomic mass is 10.1. The average molecular weight is 370 g/mol. The minimum absolute atomic E-state index is 0.130. The molecule has 0 fully saturated rings. The van der Waals surface area contributed by atoms with Crippen molar-refractivity contribution < 1.29 is 4.79 Å². The predicted molar refractivity (Wildman–Crippen MR) is 113 cm³/mol. The fraction of sp³-hybridized carbons (Fsp3) is 0.174. The van der Waals surface area contributed by atoms with E-state index in [0.29, 0.717) is 5.56 Å². The first-order chi connectivity index (χ1) is 13.4.